The smallest absolute Gasteiger partial charge is 0.180 e. The summed E-state index contributed by atoms with van der Waals surface area (Å²) in [7, 11) is 0. The number of fused-ring (bicyclic) bond motifs is 1. The molecule has 6 nitrogen and oxygen atoms in total. The molecule has 6 heteroatoms. The first-order chi connectivity index (χ1) is 15.3. The van der Waals surface area contributed by atoms with Gasteiger partial charge in [0.1, 0.15) is 12.4 Å². The maximum atomic E-state index is 5.91. The fourth-order valence-corrected chi connectivity index (χ4v) is 3.34. The summed E-state index contributed by atoms with van der Waals surface area (Å²) >= 11 is 0. The lowest BCUT2D eigenvalue weighted by Gasteiger charge is -2.07. The van der Waals surface area contributed by atoms with Crippen LogP contribution in [0.1, 0.15) is 16.8 Å². The van der Waals surface area contributed by atoms with Gasteiger partial charge >= 0.3 is 0 Å². The summed E-state index contributed by atoms with van der Waals surface area (Å²) in [5.74, 6) is 1.45. The number of nitrogens with one attached hydrogen (secondary N) is 1. The highest BCUT2D eigenvalue weighted by molar-refractivity contribution is 5.79. The molecule has 0 aliphatic carbocycles. The van der Waals surface area contributed by atoms with E-state index in [1.807, 2.05) is 78.9 Å². The molecule has 0 unspecified atom stereocenters. The van der Waals surface area contributed by atoms with Crippen molar-refractivity contribution in [2.75, 3.05) is 0 Å². The van der Waals surface area contributed by atoms with Crippen molar-refractivity contribution in [1.29, 1.82) is 0 Å². The van der Waals surface area contributed by atoms with Gasteiger partial charge in [0.25, 0.3) is 0 Å². The van der Waals surface area contributed by atoms with Crippen LogP contribution in [0.4, 0.5) is 0 Å². The lowest BCUT2D eigenvalue weighted by Crippen LogP contribution is -1.98. The summed E-state index contributed by atoms with van der Waals surface area (Å²) in [5, 5.41) is 15.3. The minimum atomic E-state index is 0.429. The van der Waals surface area contributed by atoms with Crippen molar-refractivity contribution < 1.29 is 4.74 Å². The van der Waals surface area contributed by atoms with Gasteiger partial charge in [0.2, 0.25) is 0 Å². The van der Waals surface area contributed by atoms with Gasteiger partial charge in [0.15, 0.2) is 5.82 Å². The second kappa shape index (κ2) is 8.59. The third kappa shape index (κ3) is 4.33. The molecule has 0 amide bonds. The van der Waals surface area contributed by atoms with Crippen molar-refractivity contribution >= 4 is 23.1 Å². The third-order valence-electron chi connectivity index (χ3n) is 4.94. The van der Waals surface area contributed by atoms with Crippen molar-refractivity contribution in [3.8, 4) is 17.1 Å². The number of tetrazole rings is 1. The van der Waals surface area contributed by atoms with E-state index in [2.05, 4.69) is 43.8 Å². The van der Waals surface area contributed by atoms with E-state index in [9.17, 15) is 0 Å². The molecule has 5 aromatic rings. The number of pyridine rings is 1. The number of para-hydroxylation sites is 1. The highest BCUT2D eigenvalue weighted by atomic mass is 16.5. The minimum Gasteiger partial charge on any atom is -0.487 e. The number of aromatic nitrogens is 5. The van der Waals surface area contributed by atoms with Gasteiger partial charge in [0, 0.05) is 10.9 Å². The first-order valence-corrected chi connectivity index (χ1v) is 9.94. The van der Waals surface area contributed by atoms with E-state index in [4.69, 9.17) is 4.74 Å². The Bertz CT molecular complexity index is 1330. The van der Waals surface area contributed by atoms with Crippen LogP contribution in [-0.2, 0) is 6.61 Å². The van der Waals surface area contributed by atoms with E-state index in [1.54, 1.807) is 0 Å². The average molecular weight is 405 g/mol. The fourth-order valence-electron chi connectivity index (χ4n) is 3.34. The number of nitrogens with zero attached hydrogens (tertiary/aromatic N) is 4. The Morgan fingerprint density at radius 2 is 1.65 bits per heavy atom. The zero-order valence-corrected chi connectivity index (χ0v) is 16.6. The zero-order chi connectivity index (χ0) is 20.9. The molecule has 0 aliphatic heterocycles. The second-order valence-corrected chi connectivity index (χ2v) is 7.02. The number of ether oxygens (including phenoxy) is 1. The summed E-state index contributed by atoms with van der Waals surface area (Å²) in [6, 6.07) is 28.1. The van der Waals surface area contributed by atoms with Crippen molar-refractivity contribution in [3.05, 3.63) is 102 Å². The molecule has 0 atom stereocenters. The van der Waals surface area contributed by atoms with Crippen LogP contribution < -0.4 is 4.74 Å². The zero-order valence-electron chi connectivity index (χ0n) is 16.6. The maximum Gasteiger partial charge on any atom is 0.180 e. The van der Waals surface area contributed by atoms with Gasteiger partial charge in [0.05, 0.1) is 11.2 Å². The molecule has 0 saturated carbocycles. The van der Waals surface area contributed by atoms with Gasteiger partial charge in [-0.05, 0) is 45.8 Å². The molecular weight excluding hydrogens is 386 g/mol. The molecule has 0 spiro atoms. The van der Waals surface area contributed by atoms with E-state index in [0.717, 1.165) is 39.0 Å². The molecule has 0 radical (unpaired) electrons. The average Bonchev–Trinajstić information content (AvgIpc) is 3.37. The molecule has 0 saturated heterocycles. The van der Waals surface area contributed by atoms with Crippen molar-refractivity contribution in [2.24, 2.45) is 0 Å². The molecule has 1 N–H and O–H groups in total. The van der Waals surface area contributed by atoms with Gasteiger partial charge < -0.3 is 4.74 Å². The highest BCUT2D eigenvalue weighted by Crippen LogP contribution is 2.22. The summed E-state index contributed by atoms with van der Waals surface area (Å²) in [4.78, 5) is 4.65. The molecule has 2 heterocycles. The van der Waals surface area contributed by atoms with Crippen LogP contribution in [-0.4, -0.2) is 25.6 Å². The van der Waals surface area contributed by atoms with Crippen LogP contribution in [0.25, 0.3) is 34.4 Å². The number of benzene rings is 3. The largest absolute Gasteiger partial charge is 0.487 e. The minimum absolute atomic E-state index is 0.429. The second-order valence-electron chi connectivity index (χ2n) is 7.02. The Hall–Kier alpha value is -4.32. The topological polar surface area (TPSA) is 76.6 Å². The van der Waals surface area contributed by atoms with Gasteiger partial charge in [-0.25, -0.2) is 10.1 Å². The van der Waals surface area contributed by atoms with Crippen molar-refractivity contribution in [3.63, 3.8) is 0 Å². The van der Waals surface area contributed by atoms with Gasteiger partial charge in [-0.1, -0.05) is 72.8 Å². The Kier molecular flexibility index (Phi) is 5.18. The van der Waals surface area contributed by atoms with Crippen molar-refractivity contribution in [2.45, 2.75) is 6.61 Å². The third-order valence-corrected chi connectivity index (χ3v) is 4.94. The maximum absolute atomic E-state index is 5.91. The van der Waals surface area contributed by atoms with Gasteiger partial charge in [-0.15, -0.1) is 5.10 Å². The van der Waals surface area contributed by atoms with Crippen LogP contribution in [0.3, 0.4) is 0 Å². The quantitative estimate of drug-likeness (QED) is 0.395. The Morgan fingerprint density at radius 3 is 2.52 bits per heavy atom. The molecule has 5 rings (SSSR count). The van der Waals surface area contributed by atoms with E-state index in [1.165, 1.54) is 0 Å². The molecule has 150 valence electrons. The summed E-state index contributed by atoms with van der Waals surface area (Å²) < 4.78 is 5.91. The molecule has 0 aliphatic rings. The highest BCUT2D eigenvalue weighted by Gasteiger charge is 2.05. The van der Waals surface area contributed by atoms with E-state index in [0.29, 0.717) is 12.4 Å². The number of aromatic amines is 1. The number of hydrogen-bond acceptors (Lipinski definition) is 5. The Morgan fingerprint density at radius 1 is 0.806 bits per heavy atom. The van der Waals surface area contributed by atoms with Crippen LogP contribution in [0.2, 0.25) is 0 Å². The summed E-state index contributed by atoms with van der Waals surface area (Å²) in [6.45, 7) is 0.429. The molecule has 0 bridgehead atoms. The van der Waals surface area contributed by atoms with E-state index in [-0.39, 0.29) is 0 Å². The summed E-state index contributed by atoms with van der Waals surface area (Å²) in [6.07, 6.45) is 4.10. The normalized spacial score (nSPS) is 11.2. The van der Waals surface area contributed by atoms with Crippen LogP contribution in [0, 0.1) is 0 Å². The van der Waals surface area contributed by atoms with Crippen molar-refractivity contribution in [1.82, 2.24) is 25.6 Å². The molecule has 0 fully saturated rings. The summed E-state index contributed by atoms with van der Waals surface area (Å²) in [5.41, 5.74) is 4.93. The number of H-pyrrole nitrogens is 1. The molecular formula is C25H19N5O. The molecule has 2 aromatic heterocycles. The Labute approximate surface area is 179 Å². The first-order valence-electron chi connectivity index (χ1n) is 9.94. The van der Waals surface area contributed by atoms with Crippen LogP contribution in [0.5, 0.6) is 5.75 Å². The lowest BCUT2D eigenvalue weighted by molar-refractivity contribution is 0.302. The number of hydrogen-bond donors (Lipinski definition) is 1. The van der Waals surface area contributed by atoms with Crippen LogP contribution >= 0.6 is 0 Å². The SMILES string of the molecule is C(=C\c1ccccc1-c1nnn[nH]1)/c1ccc(OCc2ccc3ccccc3n2)cc1. The predicted octanol–water partition coefficient (Wildman–Crippen LogP) is 5.16. The van der Waals surface area contributed by atoms with Gasteiger partial charge in [-0.3, -0.25) is 0 Å². The lowest BCUT2D eigenvalue weighted by atomic mass is 10.1. The van der Waals surface area contributed by atoms with E-state index >= 15 is 0 Å². The fraction of sp³-hybridized carbons (Fsp3) is 0.0400. The monoisotopic (exact) mass is 405 g/mol. The first kappa shape index (κ1) is 18.7. The van der Waals surface area contributed by atoms with E-state index < -0.39 is 0 Å². The standard InChI is InChI=1S/C25H19N5O/c1-3-7-23(25-27-29-30-28-25)19(5-1)12-9-18-10-15-22(16-11-18)31-17-21-14-13-20-6-2-4-8-24(20)26-21/h1-16H,17H2,(H,27,28,29,30)/b12-9+. The van der Waals surface area contributed by atoms with Crippen LogP contribution in [0.15, 0.2) is 84.9 Å². The predicted molar refractivity (Wildman–Crippen MR) is 121 cm³/mol. The molecule has 31 heavy (non-hydrogen) atoms. The molecule has 3 aromatic carbocycles. The van der Waals surface area contributed by atoms with Gasteiger partial charge in [-0.2, -0.15) is 0 Å². The number of rotatable bonds is 6. The Balaban J connectivity index is 1.26.